The van der Waals surface area contributed by atoms with Gasteiger partial charge in [0.25, 0.3) is 0 Å². The summed E-state index contributed by atoms with van der Waals surface area (Å²) in [5.74, 6) is -0.987. The van der Waals surface area contributed by atoms with Crippen LogP contribution in [-0.4, -0.2) is 15.3 Å². The smallest absolute Gasteiger partial charge is 0.339 e. The average Bonchev–Trinajstić information content (AvgIpc) is 2.80. The molecule has 1 N–H and O–H groups in total. The quantitative estimate of drug-likeness (QED) is 0.935. The normalized spacial score (nSPS) is 12.3. The molecule has 2 rings (SSSR count). The number of carboxylic acids is 1. The van der Waals surface area contributed by atoms with Crippen molar-refractivity contribution in [2.45, 2.75) is 10.6 Å². The second-order valence-corrected chi connectivity index (χ2v) is 5.89. The van der Waals surface area contributed by atoms with Crippen molar-refractivity contribution in [3.8, 4) is 0 Å². The predicted octanol–water partition coefficient (Wildman–Crippen LogP) is 3.59. The number of furan rings is 1. The first kappa shape index (κ1) is 14.1. The van der Waals surface area contributed by atoms with Gasteiger partial charge in [0, 0.05) is 4.90 Å². The van der Waals surface area contributed by atoms with Gasteiger partial charge in [0.15, 0.2) is 0 Å². The molecule has 0 bridgehead atoms. The zero-order valence-corrected chi connectivity index (χ0v) is 11.8. The minimum absolute atomic E-state index is 0.00779. The standard InChI is InChI=1S/C12H8Cl2O4S/c13-9-2-1-7(5-10(9)14)19(17)6-11-8(12(15)16)3-4-18-11/h1-5H,6H2,(H,15,16). The molecule has 19 heavy (non-hydrogen) atoms. The third kappa shape index (κ3) is 3.18. The van der Waals surface area contributed by atoms with Crippen LogP contribution in [0, 0.1) is 0 Å². The third-order valence-corrected chi connectivity index (χ3v) is 4.44. The van der Waals surface area contributed by atoms with Crippen molar-refractivity contribution < 1.29 is 18.5 Å². The van der Waals surface area contributed by atoms with E-state index in [4.69, 9.17) is 32.7 Å². The average molecular weight is 319 g/mol. The number of carbonyl (C=O) groups is 1. The van der Waals surface area contributed by atoms with E-state index in [-0.39, 0.29) is 17.1 Å². The first-order valence-corrected chi connectivity index (χ1v) is 7.19. The van der Waals surface area contributed by atoms with Crippen LogP contribution in [0.2, 0.25) is 10.0 Å². The van der Waals surface area contributed by atoms with E-state index in [0.29, 0.717) is 14.9 Å². The molecule has 7 heteroatoms. The van der Waals surface area contributed by atoms with Gasteiger partial charge >= 0.3 is 5.97 Å². The molecule has 0 aliphatic carbocycles. The van der Waals surface area contributed by atoms with E-state index in [9.17, 15) is 9.00 Å². The Morgan fingerprint density at radius 2 is 2.00 bits per heavy atom. The summed E-state index contributed by atoms with van der Waals surface area (Å²) in [6, 6.07) is 5.93. The fourth-order valence-corrected chi connectivity index (χ4v) is 2.92. The number of benzene rings is 1. The summed E-state index contributed by atoms with van der Waals surface area (Å²) in [4.78, 5) is 11.4. The van der Waals surface area contributed by atoms with E-state index in [1.54, 1.807) is 6.07 Å². The van der Waals surface area contributed by atoms with E-state index in [1.807, 2.05) is 0 Å². The van der Waals surface area contributed by atoms with Gasteiger partial charge in [-0.3, -0.25) is 4.21 Å². The molecule has 1 aromatic heterocycles. The van der Waals surface area contributed by atoms with Gasteiger partial charge in [0.1, 0.15) is 11.3 Å². The molecular weight excluding hydrogens is 311 g/mol. The van der Waals surface area contributed by atoms with Crippen LogP contribution in [0.3, 0.4) is 0 Å². The molecule has 1 aromatic carbocycles. The molecule has 100 valence electrons. The molecule has 0 saturated carbocycles. The lowest BCUT2D eigenvalue weighted by Crippen LogP contribution is -2.02. The van der Waals surface area contributed by atoms with Crippen LogP contribution < -0.4 is 0 Å². The van der Waals surface area contributed by atoms with Gasteiger partial charge in [-0.2, -0.15) is 0 Å². The zero-order valence-electron chi connectivity index (χ0n) is 9.43. The van der Waals surface area contributed by atoms with Crippen molar-refractivity contribution in [2.75, 3.05) is 0 Å². The minimum atomic E-state index is -1.46. The van der Waals surface area contributed by atoms with Crippen LogP contribution in [0.15, 0.2) is 39.8 Å². The molecule has 0 aliphatic heterocycles. The Hall–Kier alpha value is -1.30. The highest BCUT2D eigenvalue weighted by atomic mass is 35.5. The Morgan fingerprint density at radius 1 is 1.26 bits per heavy atom. The molecule has 0 saturated heterocycles. The van der Waals surface area contributed by atoms with Gasteiger partial charge < -0.3 is 9.52 Å². The van der Waals surface area contributed by atoms with Crippen molar-refractivity contribution in [3.63, 3.8) is 0 Å². The van der Waals surface area contributed by atoms with Gasteiger partial charge in [0.2, 0.25) is 0 Å². The molecule has 4 nitrogen and oxygen atoms in total. The van der Waals surface area contributed by atoms with Crippen LogP contribution in [0.5, 0.6) is 0 Å². The van der Waals surface area contributed by atoms with Gasteiger partial charge in [-0.15, -0.1) is 0 Å². The van der Waals surface area contributed by atoms with Crippen LogP contribution >= 0.6 is 23.2 Å². The molecule has 0 spiro atoms. The van der Waals surface area contributed by atoms with Gasteiger partial charge in [0.05, 0.1) is 32.9 Å². The Balaban J connectivity index is 2.23. The molecule has 1 atom stereocenters. The summed E-state index contributed by atoms with van der Waals surface area (Å²) in [7, 11) is -1.46. The van der Waals surface area contributed by atoms with Crippen LogP contribution in [-0.2, 0) is 16.6 Å². The fraction of sp³-hybridized carbons (Fsp3) is 0.0833. The number of halogens is 2. The second kappa shape index (κ2) is 5.77. The van der Waals surface area contributed by atoms with Crippen LogP contribution in [0.1, 0.15) is 16.1 Å². The van der Waals surface area contributed by atoms with Crippen molar-refractivity contribution in [2.24, 2.45) is 0 Å². The molecular formula is C12H8Cl2O4S. The van der Waals surface area contributed by atoms with Gasteiger partial charge in [-0.25, -0.2) is 4.79 Å². The maximum Gasteiger partial charge on any atom is 0.339 e. The Kier molecular flexibility index (Phi) is 4.29. The fourth-order valence-electron chi connectivity index (χ4n) is 1.46. The number of aromatic carboxylic acids is 1. The maximum atomic E-state index is 12.1. The summed E-state index contributed by atoms with van der Waals surface area (Å²) in [6.07, 6.45) is 1.25. The first-order valence-electron chi connectivity index (χ1n) is 5.12. The summed E-state index contributed by atoms with van der Waals surface area (Å²) >= 11 is 11.6. The SMILES string of the molecule is O=C(O)c1ccoc1CS(=O)c1ccc(Cl)c(Cl)c1. The van der Waals surface area contributed by atoms with E-state index in [1.165, 1.54) is 24.5 Å². The van der Waals surface area contributed by atoms with Crippen molar-refractivity contribution in [3.05, 3.63) is 51.9 Å². The number of hydrogen-bond acceptors (Lipinski definition) is 3. The molecule has 0 amide bonds. The predicted molar refractivity (Wildman–Crippen MR) is 72.2 cm³/mol. The zero-order chi connectivity index (χ0) is 14.0. The van der Waals surface area contributed by atoms with Crippen LogP contribution in [0.25, 0.3) is 0 Å². The largest absolute Gasteiger partial charge is 0.478 e. The minimum Gasteiger partial charge on any atom is -0.478 e. The maximum absolute atomic E-state index is 12.1. The Morgan fingerprint density at radius 3 is 2.63 bits per heavy atom. The Bertz CT molecular complexity index is 651. The second-order valence-electron chi connectivity index (χ2n) is 3.63. The van der Waals surface area contributed by atoms with Crippen molar-refractivity contribution >= 4 is 40.0 Å². The Labute approximate surface area is 121 Å². The third-order valence-electron chi connectivity index (χ3n) is 2.39. The number of hydrogen-bond donors (Lipinski definition) is 1. The number of rotatable bonds is 4. The van der Waals surface area contributed by atoms with Crippen molar-refractivity contribution in [1.29, 1.82) is 0 Å². The highest BCUT2D eigenvalue weighted by Crippen LogP contribution is 2.25. The van der Waals surface area contributed by atoms with Gasteiger partial charge in [-0.1, -0.05) is 23.2 Å². The van der Waals surface area contributed by atoms with E-state index in [2.05, 4.69) is 0 Å². The highest BCUT2D eigenvalue weighted by Gasteiger charge is 2.17. The topological polar surface area (TPSA) is 67.5 Å². The van der Waals surface area contributed by atoms with E-state index >= 15 is 0 Å². The molecule has 2 aromatic rings. The lowest BCUT2D eigenvalue weighted by atomic mass is 10.3. The number of carboxylic acid groups (broad SMARTS) is 1. The molecule has 0 radical (unpaired) electrons. The summed E-state index contributed by atoms with van der Waals surface area (Å²) in [5.41, 5.74) is 0.00779. The monoisotopic (exact) mass is 318 g/mol. The summed E-state index contributed by atoms with van der Waals surface area (Å²) < 4.78 is 17.1. The van der Waals surface area contributed by atoms with Crippen molar-refractivity contribution in [1.82, 2.24) is 0 Å². The molecule has 0 aliphatic rings. The lowest BCUT2D eigenvalue weighted by Gasteiger charge is -2.03. The highest BCUT2D eigenvalue weighted by molar-refractivity contribution is 7.84. The molecule has 1 heterocycles. The van der Waals surface area contributed by atoms with E-state index < -0.39 is 16.8 Å². The summed E-state index contributed by atoms with van der Waals surface area (Å²) in [5, 5.41) is 9.58. The van der Waals surface area contributed by atoms with E-state index in [0.717, 1.165) is 0 Å². The van der Waals surface area contributed by atoms with Crippen LogP contribution in [0.4, 0.5) is 0 Å². The molecule has 1 unspecified atom stereocenters. The first-order chi connectivity index (χ1) is 8.99. The molecule has 0 fully saturated rings. The summed E-state index contributed by atoms with van der Waals surface area (Å²) in [6.45, 7) is 0. The lowest BCUT2D eigenvalue weighted by molar-refractivity contribution is 0.0695. The van der Waals surface area contributed by atoms with Gasteiger partial charge in [-0.05, 0) is 24.3 Å².